The molecule has 8 heteroatoms. The quantitative estimate of drug-likeness (QED) is 0.381. The molecule has 0 aromatic carbocycles. The van der Waals surface area contributed by atoms with Gasteiger partial charge in [-0.05, 0) is 0 Å². The van der Waals surface area contributed by atoms with Gasteiger partial charge in [0.25, 0.3) is 0 Å². The van der Waals surface area contributed by atoms with E-state index in [1.54, 1.807) is 0 Å². The molecule has 0 spiro atoms. The van der Waals surface area contributed by atoms with Crippen LogP contribution < -0.4 is 0 Å². The van der Waals surface area contributed by atoms with Crippen molar-refractivity contribution in [2.75, 3.05) is 0 Å². The van der Waals surface area contributed by atoms with Crippen molar-refractivity contribution in [2.45, 2.75) is 0 Å². The van der Waals surface area contributed by atoms with Crippen LogP contribution in [0, 0.1) is 0 Å². The van der Waals surface area contributed by atoms with E-state index in [0.717, 1.165) is 0 Å². The standard InChI is InChI=1S/Fe.5H2O.2V/h;5*1H2;;. The van der Waals surface area contributed by atoms with Gasteiger partial charge in [-0.3, -0.25) is 0 Å². The molecule has 8 heavy (non-hydrogen) atoms. The van der Waals surface area contributed by atoms with Gasteiger partial charge in [0.05, 0.1) is 0 Å². The molecule has 58 valence electrons. The van der Waals surface area contributed by atoms with Gasteiger partial charge in [-0.15, -0.1) is 0 Å². The summed E-state index contributed by atoms with van der Waals surface area (Å²) < 4.78 is 0. The van der Waals surface area contributed by atoms with E-state index in [-0.39, 0.29) is 81.6 Å². The van der Waals surface area contributed by atoms with Crippen LogP contribution in [0.2, 0.25) is 0 Å². The SMILES string of the molecule is O.O.O.O.O.[Fe].[V].[V]. The molecule has 0 unspecified atom stereocenters. The van der Waals surface area contributed by atoms with Crippen molar-refractivity contribution in [2.24, 2.45) is 0 Å². The predicted molar refractivity (Wildman–Crippen MR) is 18.1 cm³/mol. The predicted octanol–water partition coefficient (Wildman–Crippen LogP) is -4.13. The number of hydrogen-bond acceptors (Lipinski definition) is 0. The third-order valence-electron chi connectivity index (χ3n) is 0. The second-order valence-electron chi connectivity index (χ2n) is 0. The molecule has 0 saturated heterocycles. The third-order valence-corrected chi connectivity index (χ3v) is 0. The molecule has 0 aliphatic carbocycles. The van der Waals surface area contributed by atoms with Crippen LogP contribution in [0.15, 0.2) is 0 Å². The average Bonchev–Trinajstić information content (AvgIpc) is 0. The van der Waals surface area contributed by atoms with Crippen LogP contribution in [0.1, 0.15) is 0 Å². The summed E-state index contributed by atoms with van der Waals surface area (Å²) in [5.41, 5.74) is 0. The normalized spacial score (nSPS) is 0. The first kappa shape index (κ1) is 309. The summed E-state index contributed by atoms with van der Waals surface area (Å²) in [7, 11) is 0. The van der Waals surface area contributed by atoms with Crippen LogP contribution in [-0.2, 0) is 54.2 Å². The monoisotopic (exact) mass is 248 g/mol. The van der Waals surface area contributed by atoms with Gasteiger partial charge in [0, 0.05) is 54.2 Å². The van der Waals surface area contributed by atoms with Gasteiger partial charge < -0.3 is 27.4 Å². The van der Waals surface area contributed by atoms with Gasteiger partial charge in [0.1, 0.15) is 0 Å². The number of hydrogen-bond donors (Lipinski definition) is 0. The Morgan fingerprint density at radius 2 is 0.375 bits per heavy atom. The summed E-state index contributed by atoms with van der Waals surface area (Å²) in [6.07, 6.45) is 0. The van der Waals surface area contributed by atoms with E-state index in [1.165, 1.54) is 0 Å². The van der Waals surface area contributed by atoms with Crippen LogP contribution in [0.4, 0.5) is 0 Å². The fraction of sp³-hybridized carbons (Fsp3) is 0. The molecule has 0 aliphatic heterocycles. The molecule has 5 nitrogen and oxygen atoms in total. The molecular weight excluding hydrogens is 238 g/mol. The summed E-state index contributed by atoms with van der Waals surface area (Å²) >= 11 is 0. The summed E-state index contributed by atoms with van der Waals surface area (Å²) in [5, 5.41) is 0. The van der Waals surface area contributed by atoms with Crippen LogP contribution in [0.5, 0.6) is 0 Å². The Labute approximate surface area is 81.4 Å². The molecule has 0 rings (SSSR count). The van der Waals surface area contributed by atoms with Crippen molar-refractivity contribution in [3.05, 3.63) is 0 Å². The van der Waals surface area contributed by atoms with Crippen molar-refractivity contribution >= 4 is 0 Å². The van der Waals surface area contributed by atoms with Crippen molar-refractivity contribution in [1.82, 2.24) is 0 Å². The molecule has 10 N–H and O–H groups in total. The molecule has 0 atom stereocenters. The zero-order valence-corrected chi connectivity index (χ0v) is 7.65. The summed E-state index contributed by atoms with van der Waals surface area (Å²) in [6.45, 7) is 0. The Morgan fingerprint density at radius 3 is 0.375 bits per heavy atom. The maximum Gasteiger partial charge on any atom is 0 e. The molecule has 0 aliphatic rings. The number of rotatable bonds is 0. The summed E-state index contributed by atoms with van der Waals surface area (Å²) in [6, 6.07) is 0. The molecule has 0 saturated carbocycles. The molecule has 0 aromatic rings. The van der Waals surface area contributed by atoms with Gasteiger partial charge in [-0.1, -0.05) is 0 Å². The third kappa shape index (κ3) is 142. The minimum absolute atomic E-state index is 0. The van der Waals surface area contributed by atoms with Gasteiger partial charge in [0.15, 0.2) is 0 Å². The largest absolute Gasteiger partial charge is 0.412 e. The van der Waals surface area contributed by atoms with Crippen molar-refractivity contribution in [3.63, 3.8) is 0 Å². The maximum absolute atomic E-state index is 0. The van der Waals surface area contributed by atoms with Crippen molar-refractivity contribution in [1.29, 1.82) is 0 Å². The van der Waals surface area contributed by atoms with Gasteiger partial charge in [-0.25, -0.2) is 0 Å². The van der Waals surface area contributed by atoms with Crippen LogP contribution in [0.25, 0.3) is 0 Å². The maximum atomic E-state index is 0. The minimum atomic E-state index is 0. The van der Waals surface area contributed by atoms with E-state index in [1.807, 2.05) is 0 Å². The van der Waals surface area contributed by atoms with E-state index in [4.69, 9.17) is 0 Å². The molecular formula is H10FeO5V2. The average molecular weight is 248 g/mol. The Kier molecular flexibility index (Phi) is 8290. The Morgan fingerprint density at radius 1 is 0.375 bits per heavy atom. The first-order valence-electron chi connectivity index (χ1n) is 0. The fourth-order valence-corrected chi connectivity index (χ4v) is 0. The zero-order valence-electron chi connectivity index (χ0n) is 3.75. The smallest absolute Gasteiger partial charge is 0 e. The molecule has 0 fully saturated rings. The second-order valence-corrected chi connectivity index (χ2v) is 0. The van der Waals surface area contributed by atoms with Crippen LogP contribution >= 0.6 is 0 Å². The van der Waals surface area contributed by atoms with Gasteiger partial charge in [0.2, 0.25) is 0 Å². The Hall–Kier alpha value is 1.49. The van der Waals surface area contributed by atoms with Crippen LogP contribution in [0.3, 0.4) is 0 Å². The van der Waals surface area contributed by atoms with E-state index in [2.05, 4.69) is 0 Å². The second kappa shape index (κ2) is 215. The van der Waals surface area contributed by atoms with E-state index in [0.29, 0.717) is 0 Å². The summed E-state index contributed by atoms with van der Waals surface area (Å²) in [5.74, 6) is 0. The minimum Gasteiger partial charge on any atom is -0.412 e. The molecule has 2 radical (unpaired) electrons. The molecule has 0 aromatic heterocycles. The Bertz CT molecular complexity index is 10.4. The first-order chi connectivity index (χ1) is 0. The van der Waals surface area contributed by atoms with E-state index < -0.39 is 0 Å². The van der Waals surface area contributed by atoms with Crippen molar-refractivity contribution < 1.29 is 81.6 Å². The Balaban J connectivity index is 0. The van der Waals surface area contributed by atoms with Crippen LogP contribution in [-0.4, -0.2) is 27.4 Å². The summed E-state index contributed by atoms with van der Waals surface area (Å²) in [4.78, 5) is 0. The van der Waals surface area contributed by atoms with Crippen molar-refractivity contribution in [3.8, 4) is 0 Å². The topological polar surface area (TPSA) is 158 Å². The first-order valence-corrected chi connectivity index (χ1v) is 0. The molecule has 0 amide bonds. The van der Waals surface area contributed by atoms with Gasteiger partial charge >= 0.3 is 0 Å². The van der Waals surface area contributed by atoms with E-state index >= 15 is 0 Å². The van der Waals surface area contributed by atoms with Gasteiger partial charge in [-0.2, -0.15) is 0 Å². The molecule has 0 heterocycles. The zero-order chi connectivity index (χ0) is 0. The van der Waals surface area contributed by atoms with E-state index in [9.17, 15) is 0 Å². The molecule has 0 bridgehead atoms. The fourth-order valence-electron chi connectivity index (χ4n) is 0.